The van der Waals surface area contributed by atoms with E-state index >= 15 is 0 Å². The van der Waals surface area contributed by atoms with E-state index in [4.69, 9.17) is 15.9 Å². The number of hydrogen-bond donors (Lipinski definition) is 2. The quantitative estimate of drug-likeness (QED) is 0.490. The monoisotopic (exact) mass is 172 g/mol. The molecule has 0 aliphatic carbocycles. The Balaban J connectivity index is 3.69. The molecule has 0 aromatic heterocycles. The van der Waals surface area contributed by atoms with Crippen LogP contribution in [0.3, 0.4) is 0 Å². The molecule has 0 spiro atoms. The highest BCUT2D eigenvalue weighted by molar-refractivity contribution is 5.82. The zero-order valence-electron chi connectivity index (χ0n) is 8.48. The molecule has 0 amide bonds. The molecule has 0 aromatic rings. The van der Waals surface area contributed by atoms with Gasteiger partial charge in [0.25, 0.3) is 0 Å². The number of nitrogens with two attached hydrogens (primary N) is 1. The fraction of sp³-hybridized carbons (Fsp3) is 0.889. The fourth-order valence-corrected chi connectivity index (χ4v) is 0.684. The van der Waals surface area contributed by atoms with Gasteiger partial charge in [0, 0.05) is 12.0 Å². The van der Waals surface area contributed by atoms with Crippen molar-refractivity contribution in [1.29, 1.82) is 5.41 Å². The van der Waals surface area contributed by atoms with E-state index in [1.54, 1.807) is 0 Å². The first-order chi connectivity index (χ1) is 5.36. The molecule has 72 valence electrons. The highest BCUT2D eigenvalue weighted by atomic mass is 16.5. The average Bonchev–Trinajstić information content (AvgIpc) is 1.85. The maximum atomic E-state index is 7.31. The Bertz CT molecular complexity index is 153. The van der Waals surface area contributed by atoms with E-state index in [1.807, 2.05) is 27.7 Å². The molecule has 12 heavy (non-hydrogen) atoms. The van der Waals surface area contributed by atoms with Crippen LogP contribution in [0.15, 0.2) is 0 Å². The van der Waals surface area contributed by atoms with Gasteiger partial charge in [-0.05, 0) is 20.3 Å². The average molecular weight is 172 g/mol. The molecule has 0 radical (unpaired) electrons. The molecule has 0 unspecified atom stereocenters. The van der Waals surface area contributed by atoms with Crippen LogP contribution < -0.4 is 5.73 Å². The summed E-state index contributed by atoms with van der Waals surface area (Å²) in [4.78, 5) is 0. The molecular formula is C9H20N2O. The molecule has 0 aliphatic heterocycles. The Kier molecular flexibility index (Phi) is 4.24. The van der Waals surface area contributed by atoms with Crippen molar-refractivity contribution in [1.82, 2.24) is 0 Å². The summed E-state index contributed by atoms with van der Waals surface area (Å²) in [6.07, 6.45) is 1.06. The fourth-order valence-electron chi connectivity index (χ4n) is 0.684. The molecule has 0 atom stereocenters. The predicted molar refractivity (Wildman–Crippen MR) is 51.4 cm³/mol. The maximum Gasteiger partial charge on any atom is 0.0963 e. The number of nitrogens with one attached hydrogen (secondary N) is 1. The Labute approximate surface area is 74.8 Å². The van der Waals surface area contributed by atoms with Crippen molar-refractivity contribution in [3.8, 4) is 0 Å². The third kappa shape index (κ3) is 4.34. The van der Waals surface area contributed by atoms with Gasteiger partial charge in [0.1, 0.15) is 0 Å². The van der Waals surface area contributed by atoms with Gasteiger partial charge in [-0.1, -0.05) is 13.8 Å². The molecule has 0 saturated carbocycles. The second kappa shape index (κ2) is 4.45. The minimum Gasteiger partial charge on any atom is -0.387 e. The standard InChI is InChI=1S/C9H20N2O/c1-7(2)12-6-5-9(3,4)8(10)11/h7H,5-6H2,1-4H3,(H3,10,11). The molecule has 3 heteroatoms. The third-order valence-electron chi connectivity index (χ3n) is 1.91. The van der Waals surface area contributed by atoms with E-state index in [2.05, 4.69) is 0 Å². The summed E-state index contributed by atoms with van der Waals surface area (Å²) in [6.45, 7) is 8.59. The second-order valence-electron chi connectivity index (χ2n) is 3.97. The van der Waals surface area contributed by atoms with E-state index in [1.165, 1.54) is 0 Å². The zero-order valence-corrected chi connectivity index (χ0v) is 8.48. The van der Waals surface area contributed by atoms with Crippen molar-refractivity contribution < 1.29 is 4.74 Å². The van der Waals surface area contributed by atoms with E-state index in [0.29, 0.717) is 6.61 Å². The summed E-state index contributed by atoms with van der Waals surface area (Å²) < 4.78 is 5.38. The Hall–Kier alpha value is -0.570. The van der Waals surface area contributed by atoms with Crippen molar-refractivity contribution in [2.75, 3.05) is 6.61 Å². The van der Waals surface area contributed by atoms with E-state index in [-0.39, 0.29) is 17.4 Å². The van der Waals surface area contributed by atoms with Crippen LogP contribution in [-0.4, -0.2) is 18.5 Å². The van der Waals surface area contributed by atoms with E-state index in [9.17, 15) is 0 Å². The van der Waals surface area contributed by atoms with Crippen LogP contribution in [0, 0.1) is 10.8 Å². The Morgan fingerprint density at radius 1 is 1.50 bits per heavy atom. The largest absolute Gasteiger partial charge is 0.387 e. The third-order valence-corrected chi connectivity index (χ3v) is 1.91. The first kappa shape index (κ1) is 11.4. The number of rotatable bonds is 5. The van der Waals surface area contributed by atoms with Crippen molar-refractivity contribution >= 4 is 5.84 Å². The van der Waals surface area contributed by atoms with E-state index < -0.39 is 0 Å². The van der Waals surface area contributed by atoms with Crippen molar-refractivity contribution in [3.05, 3.63) is 0 Å². The number of amidine groups is 1. The van der Waals surface area contributed by atoms with Gasteiger partial charge in [-0.2, -0.15) is 0 Å². The molecule has 0 saturated heterocycles. The first-order valence-electron chi connectivity index (χ1n) is 4.32. The van der Waals surface area contributed by atoms with Gasteiger partial charge in [0.05, 0.1) is 11.9 Å². The SMILES string of the molecule is CC(C)OCCC(C)(C)C(=N)N. The van der Waals surface area contributed by atoms with Gasteiger partial charge in [-0.25, -0.2) is 0 Å². The second-order valence-corrected chi connectivity index (χ2v) is 3.97. The minimum absolute atomic E-state index is 0.227. The smallest absolute Gasteiger partial charge is 0.0963 e. The van der Waals surface area contributed by atoms with Crippen LogP contribution in [0.4, 0.5) is 0 Å². The van der Waals surface area contributed by atoms with Crippen LogP contribution in [-0.2, 0) is 4.74 Å². The summed E-state index contributed by atoms with van der Waals surface area (Å²) >= 11 is 0. The lowest BCUT2D eigenvalue weighted by atomic mass is 9.88. The number of ether oxygens (including phenoxy) is 1. The normalized spacial score (nSPS) is 12.1. The van der Waals surface area contributed by atoms with Gasteiger partial charge < -0.3 is 10.5 Å². The van der Waals surface area contributed by atoms with Crippen molar-refractivity contribution in [2.24, 2.45) is 11.1 Å². The summed E-state index contributed by atoms with van der Waals surface area (Å²) in [5, 5.41) is 7.31. The van der Waals surface area contributed by atoms with Gasteiger partial charge in [-0.15, -0.1) is 0 Å². The minimum atomic E-state index is -0.227. The van der Waals surface area contributed by atoms with Crippen molar-refractivity contribution in [2.45, 2.75) is 40.2 Å². The van der Waals surface area contributed by atoms with Crippen LogP contribution in [0.5, 0.6) is 0 Å². The molecule has 0 heterocycles. The van der Waals surface area contributed by atoms with E-state index in [0.717, 1.165) is 6.42 Å². The summed E-state index contributed by atoms with van der Waals surface area (Å²) in [5.41, 5.74) is 5.19. The molecule has 0 bridgehead atoms. The van der Waals surface area contributed by atoms with Crippen LogP contribution >= 0.6 is 0 Å². The topological polar surface area (TPSA) is 59.1 Å². The predicted octanol–water partition coefficient (Wildman–Crippen LogP) is 1.76. The maximum absolute atomic E-state index is 7.31. The van der Waals surface area contributed by atoms with Gasteiger partial charge in [0.2, 0.25) is 0 Å². The summed E-state index contributed by atoms with van der Waals surface area (Å²) in [7, 11) is 0. The molecule has 0 aliphatic rings. The molecule has 0 aromatic carbocycles. The van der Waals surface area contributed by atoms with Crippen molar-refractivity contribution in [3.63, 3.8) is 0 Å². The molecule has 0 fully saturated rings. The molecular weight excluding hydrogens is 152 g/mol. The Morgan fingerprint density at radius 3 is 2.33 bits per heavy atom. The number of hydrogen-bond acceptors (Lipinski definition) is 2. The molecule has 0 rings (SSSR count). The summed E-state index contributed by atoms with van der Waals surface area (Å²) in [5.74, 6) is 0.231. The molecule has 3 N–H and O–H groups in total. The van der Waals surface area contributed by atoms with Gasteiger partial charge >= 0.3 is 0 Å². The first-order valence-corrected chi connectivity index (χ1v) is 4.32. The van der Waals surface area contributed by atoms with Crippen LogP contribution in [0.2, 0.25) is 0 Å². The van der Waals surface area contributed by atoms with Gasteiger partial charge in [-0.3, -0.25) is 5.41 Å². The lowest BCUT2D eigenvalue weighted by Crippen LogP contribution is -2.32. The zero-order chi connectivity index (χ0) is 9.78. The highest BCUT2D eigenvalue weighted by Crippen LogP contribution is 2.19. The van der Waals surface area contributed by atoms with Gasteiger partial charge in [0.15, 0.2) is 0 Å². The highest BCUT2D eigenvalue weighted by Gasteiger charge is 2.21. The van der Waals surface area contributed by atoms with Crippen LogP contribution in [0.1, 0.15) is 34.1 Å². The Morgan fingerprint density at radius 2 is 2.00 bits per heavy atom. The molecule has 3 nitrogen and oxygen atoms in total. The van der Waals surface area contributed by atoms with Crippen LogP contribution in [0.25, 0.3) is 0 Å². The lowest BCUT2D eigenvalue weighted by Gasteiger charge is -2.23. The summed E-state index contributed by atoms with van der Waals surface area (Å²) in [6, 6.07) is 0. The lowest BCUT2D eigenvalue weighted by molar-refractivity contribution is 0.0659.